The van der Waals surface area contributed by atoms with Gasteiger partial charge in [0, 0.05) is 13.0 Å². The van der Waals surface area contributed by atoms with Crippen molar-refractivity contribution in [3.8, 4) is 0 Å². The lowest BCUT2D eigenvalue weighted by Crippen LogP contribution is -2.61. The molecular weight excluding hydrogens is 957 g/mol. The van der Waals surface area contributed by atoms with E-state index in [4.69, 9.17) is 28.4 Å². The summed E-state index contributed by atoms with van der Waals surface area (Å²) in [5.74, 6) is -0.385. The second-order valence-electron chi connectivity index (χ2n) is 20.8. The first kappa shape index (κ1) is 68.8. The average molecular weight is 1070 g/mol. The topological polar surface area (TPSA) is 214 Å². The Kier molecular flexibility index (Phi) is 43.7. The van der Waals surface area contributed by atoms with Crippen molar-refractivity contribution in [1.82, 2.24) is 0 Å². The molecule has 11 atom stereocenters. The highest BCUT2D eigenvalue weighted by molar-refractivity contribution is 5.69. The summed E-state index contributed by atoms with van der Waals surface area (Å²) in [5.41, 5.74) is 0. The third kappa shape index (κ3) is 34.3. The van der Waals surface area contributed by atoms with Gasteiger partial charge in [0.15, 0.2) is 12.6 Å². The Labute approximate surface area is 454 Å². The molecule has 2 rings (SSSR count). The number of aliphatic hydroxyl groups excluding tert-OH is 7. The molecular formula is C61H108O14. The molecule has 0 radical (unpaired) electrons. The first-order valence-corrected chi connectivity index (χ1v) is 29.9. The minimum absolute atomic E-state index is 0.0566. The predicted molar refractivity (Wildman–Crippen MR) is 298 cm³/mol. The molecule has 2 aliphatic heterocycles. The van der Waals surface area contributed by atoms with Gasteiger partial charge >= 0.3 is 5.97 Å². The third-order valence-electron chi connectivity index (χ3n) is 14.0. The van der Waals surface area contributed by atoms with Gasteiger partial charge in [-0.25, -0.2) is 0 Å². The molecule has 0 aromatic heterocycles. The molecule has 0 saturated carbocycles. The maximum atomic E-state index is 13.1. The van der Waals surface area contributed by atoms with Gasteiger partial charge in [0.05, 0.1) is 26.4 Å². The summed E-state index contributed by atoms with van der Waals surface area (Å²) in [6.07, 6.45) is 42.8. The molecule has 0 aliphatic carbocycles. The summed E-state index contributed by atoms with van der Waals surface area (Å²) >= 11 is 0. The van der Waals surface area contributed by atoms with Crippen LogP contribution in [-0.2, 0) is 33.2 Å². The molecule has 2 heterocycles. The van der Waals surface area contributed by atoms with E-state index in [9.17, 15) is 40.5 Å². The van der Waals surface area contributed by atoms with Crippen LogP contribution >= 0.6 is 0 Å². The smallest absolute Gasteiger partial charge is 0.306 e. The number of carbonyl (C=O) groups is 1. The van der Waals surface area contributed by atoms with Crippen molar-refractivity contribution in [2.24, 2.45) is 0 Å². The fraction of sp³-hybridized carbons (Fsp3) is 0.820. The van der Waals surface area contributed by atoms with Gasteiger partial charge in [-0.3, -0.25) is 4.79 Å². The Bertz CT molecular complexity index is 1470. The molecule has 2 saturated heterocycles. The Hall–Kier alpha value is -2.31. The highest BCUT2D eigenvalue weighted by atomic mass is 16.7. The van der Waals surface area contributed by atoms with E-state index in [0.717, 1.165) is 83.5 Å². The SMILES string of the molecule is CC/C=C\C/C=C\C/C=C\C/C=C\CCCCCCCCCCCCCCCOCC(COC1OC(COC2OC(CO)C(O)C(O)C2O)C(O)C(O)C1O)OC(=O)CCCCCCC/C=C\CCCCCCCC. The average Bonchev–Trinajstić information content (AvgIpc) is 3.41. The van der Waals surface area contributed by atoms with E-state index in [0.29, 0.717) is 13.0 Å². The zero-order valence-electron chi connectivity index (χ0n) is 46.8. The van der Waals surface area contributed by atoms with E-state index in [2.05, 4.69) is 74.6 Å². The van der Waals surface area contributed by atoms with Gasteiger partial charge in [-0.05, 0) is 77.0 Å². The quantitative estimate of drug-likeness (QED) is 0.0172. The van der Waals surface area contributed by atoms with Crippen LogP contribution in [0.2, 0.25) is 0 Å². The molecule has 7 N–H and O–H groups in total. The van der Waals surface area contributed by atoms with Crippen molar-refractivity contribution in [2.75, 3.05) is 33.0 Å². The van der Waals surface area contributed by atoms with E-state index in [1.807, 2.05) is 0 Å². The van der Waals surface area contributed by atoms with Crippen LogP contribution in [0.4, 0.5) is 0 Å². The minimum atomic E-state index is -1.71. The summed E-state index contributed by atoms with van der Waals surface area (Å²) in [5, 5.41) is 72.3. The summed E-state index contributed by atoms with van der Waals surface area (Å²) in [6, 6.07) is 0. The lowest BCUT2D eigenvalue weighted by Gasteiger charge is -2.42. The molecule has 0 aromatic carbocycles. The van der Waals surface area contributed by atoms with Crippen molar-refractivity contribution in [3.63, 3.8) is 0 Å². The first-order chi connectivity index (χ1) is 36.6. The molecule has 14 nitrogen and oxygen atoms in total. The Morgan fingerprint density at radius 1 is 0.453 bits per heavy atom. The van der Waals surface area contributed by atoms with Crippen LogP contribution in [0.25, 0.3) is 0 Å². The number of hydrogen-bond acceptors (Lipinski definition) is 14. The van der Waals surface area contributed by atoms with E-state index in [1.165, 1.54) is 109 Å². The largest absolute Gasteiger partial charge is 0.457 e. The summed E-state index contributed by atoms with van der Waals surface area (Å²) in [4.78, 5) is 13.1. The van der Waals surface area contributed by atoms with E-state index >= 15 is 0 Å². The monoisotopic (exact) mass is 1060 g/mol. The van der Waals surface area contributed by atoms with Gasteiger partial charge in [0.2, 0.25) is 0 Å². The fourth-order valence-electron chi connectivity index (χ4n) is 9.21. The number of rotatable bonds is 48. The normalized spacial score (nSPS) is 25.0. The second-order valence-corrected chi connectivity index (χ2v) is 20.8. The van der Waals surface area contributed by atoms with Crippen LogP contribution in [0.1, 0.15) is 219 Å². The highest BCUT2D eigenvalue weighted by Gasteiger charge is 2.47. The van der Waals surface area contributed by atoms with Gasteiger partial charge in [0.1, 0.15) is 54.9 Å². The standard InChI is InChI=1S/C61H108O14/c1-3-5-7-9-11-13-15-17-19-20-21-22-23-24-25-26-27-28-29-31-33-35-37-39-41-43-45-70-47-50(73-53(63)44-42-40-38-36-34-32-30-18-16-14-12-10-8-6-4-2)48-71-60-59(69)57(67)55(65)52(75-60)49-72-61-58(68)56(66)54(64)51(46-62)74-61/h5,7,11,13,17-19,21-22,30,50-52,54-62,64-69H,3-4,6,8-10,12,14-16,20,23-29,31-49H2,1-2H3/b7-5-,13-11-,19-17-,22-21-,30-18-. The number of ether oxygens (including phenoxy) is 6. The molecule has 436 valence electrons. The number of aliphatic hydroxyl groups is 7. The molecule has 0 bridgehead atoms. The molecule has 0 aromatic rings. The summed E-state index contributed by atoms with van der Waals surface area (Å²) < 4.78 is 34.4. The van der Waals surface area contributed by atoms with Crippen molar-refractivity contribution in [3.05, 3.63) is 60.8 Å². The number of carbonyl (C=O) groups excluding carboxylic acids is 1. The van der Waals surface area contributed by atoms with Crippen molar-refractivity contribution >= 4 is 5.97 Å². The zero-order chi connectivity index (χ0) is 54.4. The minimum Gasteiger partial charge on any atom is -0.457 e. The van der Waals surface area contributed by atoms with Gasteiger partial charge < -0.3 is 64.2 Å². The maximum absolute atomic E-state index is 13.1. The molecule has 11 unspecified atom stereocenters. The Morgan fingerprint density at radius 3 is 1.37 bits per heavy atom. The van der Waals surface area contributed by atoms with Crippen LogP contribution in [0.3, 0.4) is 0 Å². The van der Waals surface area contributed by atoms with Crippen LogP contribution < -0.4 is 0 Å². The summed E-state index contributed by atoms with van der Waals surface area (Å²) in [6.45, 7) is 3.57. The number of hydrogen-bond donors (Lipinski definition) is 7. The molecule has 0 amide bonds. The van der Waals surface area contributed by atoms with Crippen LogP contribution in [-0.4, -0.2) is 142 Å². The molecule has 2 fully saturated rings. The lowest BCUT2D eigenvalue weighted by molar-refractivity contribution is -0.332. The van der Waals surface area contributed by atoms with Crippen molar-refractivity contribution in [2.45, 2.75) is 287 Å². The van der Waals surface area contributed by atoms with Crippen molar-refractivity contribution in [1.29, 1.82) is 0 Å². The molecule has 75 heavy (non-hydrogen) atoms. The number of unbranched alkanes of at least 4 members (excludes halogenated alkanes) is 24. The molecule has 0 spiro atoms. The third-order valence-corrected chi connectivity index (χ3v) is 14.0. The molecule has 2 aliphatic rings. The summed E-state index contributed by atoms with van der Waals surface area (Å²) in [7, 11) is 0. The molecule has 14 heteroatoms. The first-order valence-electron chi connectivity index (χ1n) is 29.9. The highest BCUT2D eigenvalue weighted by Crippen LogP contribution is 2.27. The second kappa shape index (κ2) is 47.7. The predicted octanol–water partition coefficient (Wildman–Crippen LogP) is 10.9. The van der Waals surface area contributed by atoms with Gasteiger partial charge in [-0.15, -0.1) is 0 Å². The lowest BCUT2D eigenvalue weighted by atomic mass is 9.98. The van der Waals surface area contributed by atoms with Crippen LogP contribution in [0.5, 0.6) is 0 Å². The van der Waals surface area contributed by atoms with E-state index < -0.39 is 80.7 Å². The van der Waals surface area contributed by atoms with Gasteiger partial charge in [0.25, 0.3) is 0 Å². The fourth-order valence-corrected chi connectivity index (χ4v) is 9.21. The van der Waals surface area contributed by atoms with Gasteiger partial charge in [-0.1, -0.05) is 197 Å². The Balaban J connectivity index is 1.68. The van der Waals surface area contributed by atoms with Crippen molar-refractivity contribution < 1.29 is 69.0 Å². The zero-order valence-corrected chi connectivity index (χ0v) is 46.8. The Morgan fingerprint density at radius 2 is 0.867 bits per heavy atom. The maximum Gasteiger partial charge on any atom is 0.306 e. The number of esters is 1. The number of allylic oxidation sites excluding steroid dienone is 10. The van der Waals surface area contributed by atoms with E-state index in [1.54, 1.807) is 0 Å². The van der Waals surface area contributed by atoms with Crippen LogP contribution in [0, 0.1) is 0 Å². The van der Waals surface area contributed by atoms with E-state index in [-0.39, 0.29) is 25.6 Å². The van der Waals surface area contributed by atoms with Gasteiger partial charge in [-0.2, -0.15) is 0 Å². The van der Waals surface area contributed by atoms with Crippen LogP contribution in [0.15, 0.2) is 60.8 Å².